The quantitative estimate of drug-likeness (QED) is 0.0412. The van der Waals surface area contributed by atoms with Gasteiger partial charge in [0.15, 0.2) is 33.1 Å². The molecule has 0 amide bonds. The topological polar surface area (TPSA) is 469 Å². The Morgan fingerprint density at radius 1 is 0.373 bits per heavy atom. The molecule has 0 bridgehead atoms. The number of hydrogen-bond acceptors (Lipinski definition) is 36. The molecule has 0 aliphatic carbocycles. The SMILES string of the molecule is CC(C)(C)COC(=O)c1noc2ncc(Cl)nc12.CC(C)COC(=O)c1noc2ncc(Cl)nc12.CC(C)OC(=O)c1noc2ncc(Cl)nc12.CCCCCCOC(=O)c1noc2ncc(Cl)nc12.CCCCOC(=O)c1noc2ncc(Cl)nc12.CCOC(=O)c1noc2ncc(Cl)nc12. The number of hydrogen-bond donors (Lipinski definition) is 0. The van der Waals surface area contributed by atoms with E-state index in [9.17, 15) is 28.8 Å². The van der Waals surface area contributed by atoms with Crippen molar-refractivity contribution in [3.8, 4) is 0 Å². The van der Waals surface area contributed by atoms with E-state index in [1.807, 2.05) is 41.5 Å². The van der Waals surface area contributed by atoms with Crippen LogP contribution in [0.25, 0.3) is 67.4 Å². The Hall–Kier alpha value is -10.1. The largest absolute Gasteiger partial charge is 0.461 e. The van der Waals surface area contributed by atoms with Crippen molar-refractivity contribution in [3.63, 3.8) is 0 Å². The van der Waals surface area contributed by atoms with Crippen LogP contribution in [0.5, 0.6) is 0 Å². The molecule has 0 unspecified atom stereocenters. The zero-order valence-corrected chi connectivity index (χ0v) is 60.1. The molecule has 102 heavy (non-hydrogen) atoms. The van der Waals surface area contributed by atoms with Gasteiger partial charge in [-0.15, -0.1) is 0 Å². The zero-order chi connectivity index (χ0) is 74.2. The molecule has 0 aliphatic rings. The van der Waals surface area contributed by atoms with Gasteiger partial charge in [0, 0.05) is 0 Å². The molecule has 12 heterocycles. The minimum atomic E-state index is -0.606. The molecule has 42 heteroatoms. The molecule has 0 aromatic carbocycles. The third-order valence-corrected chi connectivity index (χ3v) is 13.0. The van der Waals surface area contributed by atoms with Crippen LogP contribution in [-0.4, -0.2) is 166 Å². The summed E-state index contributed by atoms with van der Waals surface area (Å²) in [5.41, 5.74) is 2.09. The van der Waals surface area contributed by atoms with Gasteiger partial charge in [-0.25, -0.2) is 88.6 Å². The number of rotatable bonds is 19. The highest BCUT2D eigenvalue weighted by atomic mass is 35.5. The van der Waals surface area contributed by atoms with Crippen LogP contribution in [0.1, 0.15) is 171 Å². The number of esters is 6. The first-order valence-corrected chi connectivity index (χ1v) is 32.7. The molecule has 0 saturated heterocycles. The molecule has 36 nitrogen and oxygen atoms in total. The third kappa shape index (κ3) is 22.9. The second-order valence-electron chi connectivity index (χ2n) is 22.3. The first kappa shape index (κ1) is 79.2. The lowest BCUT2D eigenvalue weighted by atomic mass is 9.99. The van der Waals surface area contributed by atoms with Gasteiger partial charge in [-0.3, -0.25) is 0 Å². The fourth-order valence-corrected chi connectivity index (χ4v) is 8.13. The normalized spacial score (nSPS) is 11.0. The highest BCUT2D eigenvalue weighted by molar-refractivity contribution is 6.31. The average molecular weight is 1530 g/mol. The fraction of sp³-hybridized carbons (Fsp3) is 0.400. The van der Waals surface area contributed by atoms with Gasteiger partial charge in [0.25, 0.3) is 34.3 Å². The molecule has 0 atom stereocenters. The summed E-state index contributed by atoms with van der Waals surface area (Å²) in [6, 6.07) is 0. The van der Waals surface area contributed by atoms with Gasteiger partial charge in [-0.2, -0.15) is 0 Å². The molecule has 0 saturated carbocycles. The van der Waals surface area contributed by atoms with Gasteiger partial charge < -0.3 is 55.6 Å². The van der Waals surface area contributed by atoms with E-state index in [0.717, 1.165) is 38.5 Å². The second-order valence-corrected chi connectivity index (χ2v) is 24.6. The number of unbranched alkanes of at least 4 members (excludes halogenated alkanes) is 4. The number of nitrogens with zero attached hydrogens (tertiary/aromatic N) is 18. The Morgan fingerprint density at radius 2 is 0.647 bits per heavy atom. The molecule has 12 rings (SSSR count). The van der Waals surface area contributed by atoms with Crippen LogP contribution in [-0.2, 0) is 28.4 Å². The molecule has 12 aromatic rings. The Bertz CT molecular complexity index is 4850. The van der Waals surface area contributed by atoms with Crippen molar-refractivity contribution in [2.45, 2.75) is 114 Å². The summed E-state index contributed by atoms with van der Waals surface area (Å²) in [5.74, 6) is -3.29. The van der Waals surface area contributed by atoms with E-state index >= 15 is 0 Å². The van der Waals surface area contributed by atoms with Gasteiger partial charge >= 0.3 is 35.8 Å². The highest BCUT2D eigenvalue weighted by Crippen LogP contribution is 2.24. The van der Waals surface area contributed by atoms with Crippen LogP contribution in [0.3, 0.4) is 0 Å². The number of fused-ring (bicyclic) bond motifs is 6. The molecule has 12 aromatic heterocycles. The number of aromatic nitrogens is 18. The minimum absolute atomic E-state index is 0.00403. The zero-order valence-electron chi connectivity index (χ0n) is 55.6. The third-order valence-electron chi connectivity index (χ3n) is 11.9. The molecule has 540 valence electrons. The van der Waals surface area contributed by atoms with Crippen LogP contribution in [0, 0.1) is 11.3 Å². The lowest BCUT2D eigenvalue weighted by molar-refractivity contribution is 0.0352. The van der Waals surface area contributed by atoms with Crippen LogP contribution in [0.15, 0.2) is 64.3 Å². The van der Waals surface area contributed by atoms with Gasteiger partial charge in [0.1, 0.15) is 30.9 Å². The van der Waals surface area contributed by atoms with Crippen LogP contribution in [0.2, 0.25) is 30.9 Å². The summed E-state index contributed by atoms with van der Waals surface area (Å²) in [5, 5.41) is 22.5. The van der Waals surface area contributed by atoms with E-state index < -0.39 is 35.8 Å². The van der Waals surface area contributed by atoms with E-state index in [0.29, 0.717) is 19.8 Å². The Balaban J connectivity index is 0.000000172. The molecule has 0 N–H and O–H groups in total. The minimum Gasteiger partial charge on any atom is -0.461 e. The van der Waals surface area contributed by atoms with Crippen LogP contribution >= 0.6 is 69.6 Å². The summed E-state index contributed by atoms with van der Waals surface area (Å²) in [6.45, 7) is 20.6. The molecule has 0 spiro atoms. The number of carbonyl (C=O) groups is 6. The lowest BCUT2D eigenvalue weighted by Gasteiger charge is -2.16. The Kier molecular flexibility index (Phi) is 29.5. The van der Waals surface area contributed by atoms with Crippen molar-refractivity contribution in [2.75, 3.05) is 33.0 Å². The van der Waals surface area contributed by atoms with Gasteiger partial charge in [0.05, 0.1) is 76.3 Å². The second kappa shape index (κ2) is 38.0. The predicted octanol–water partition coefficient (Wildman–Crippen LogP) is 13.1. The molecule has 0 radical (unpaired) electrons. The Morgan fingerprint density at radius 3 is 0.922 bits per heavy atom. The van der Waals surface area contributed by atoms with E-state index in [1.54, 1.807) is 20.8 Å². The summed E-state index contributed by atoms with van der Waals surface area (Å²) in [6.07, 6.45) is 13.5. The van der Waals surface area contributed by atoms with Gasteiger partial charge in [-0.05, 0) is 44.9 Å². The molecule has 0 aliphatic heterocycles. The van der Waals surface area contributed by atoms with Crippen molar-refractivity contribution in [1.29, 1.82) is 0 Å². The number of halogens is 6. The maximum Gasteiger partial charge on any atom is 0.363 e. The molecule has 0 fully saturated rings. The van der Waals surface area contributed by atoms with Crippen molar-refractivity contribution < 1.29 is 84.3 Å². The van der Waals surface area contributed by atoms with E-state index in [1.165, 1.54) is 37.2 Å². The van der Waals surface area contributed by atoms with Crippen molar-refractivity contribution in [2.24, 2.45) is 11.3 Å². The summed E-state index contributed by atoms with van der Waals surface area (Å²) in [4.78, 5) is 117. The first-order valence-electron chi connectivity index (χ1n) is 30.4. The molecular weight excluding hydrogens is 1470 g/mol. The Labute approximate surface area is 605 Å². The van der Waals surface area contributed by atoms with Crippen LogP contribution in [0.4, 0.5) is 0 Å². The van der Waals surface area contributed by atoms with Crippen molar-refractivity contribution >= 4 is 173 Å². The average Bonchev–Trinajstić information content (AvgIpc) is 1.71. The maximum absolute atomic E-state index is 11.8. The van der Waals surface area contributed by atoms with E-state index in [2.05, 4.69) is 97.7 Å². The maximum atomic E-state index is 11.8. The van der Waals surface area contributed by atoms with Gasteiger partial charge in [0.2, 0.25) is 34.2 Å². The van der Waals surface area contributed by atoms with E-state index in [4.69, 9.17) is 125 Å². The summed E-state index contributed by atoms with van der Waals surface area (Å²) in [7, 11) is 0. The van der Waals surface area contributed by atoms with Crippen molar-refractivity contribution in [3.05, 3.63) is 102 Å². The first-order chi connectivity index (χ1) is 48.7. The summed E-state index contributed by atoms with van der Waals surface area (Å²) >= 11 is 34.1. The van der Waals surface area contributed by atoms with Crippen LogP contribution < -0.4 is 0 Å². The smallest absolute Gasteiger partial charge is 0.363 e. The fourth-order valence-electron chi connectivity index (χ4n) is 7.33. The lowest BCUT2D eigenvalue weighted by Crippen LogP contribution is -2.18. The standard InChI is InChI=1S/C12H14ClN3O3.C11H12ClN3O3.2C10H10ClN3O3.C9H8ClN3O3.C8H6ClN3O3/c1-2-3-4-5-6-18-12(17)10-9-11(19-16-10)14-7-8(13)15-9;1-11(2,3)5-17-10(16)8-7-9(18-15-8)13-4-6(12)14-7;1-5(2)4-16-10(15)8-7-9(17-14-8)12-3-6(11)13-7;1-2-3-4-16-10(15)8-7-9(17-14-8)12-5-6(11)13-7;1-4(2)15-9(14)7-6-8(16-13-7)11-3-5(10)12-6;1-2-14-8(13)6-5-7(15-12-6)10-3-4(9)11-5/h7H,2-6H2,1H3;4H,5H2,1-3H3;3,5H,4H2,1-2H3;5H,2-4H2,1H3;3-4H,1-2H3;3H,2H2,1H3. The van der Waals surface area contributed by atoms with E-state index in [-0.39, 0.29) is 163 Å². The number of ether oxygens (including phenoxy) is 6. The van der Waals surface area contributed by atoms with Crippen molar-refractivity contribution in [1.82, 2.24) is 90.7 Å². The number of carbonyl (C=O) groups excluding carboxylic acids is 6. The van der Waals surface area contributed by atoms with Gasteiger partial charge in [-0.1, -0.05) is 175 Å². The summed E-state index contributed by atoms with van der Waals surface area (Å²) < 4.78 is 59.1. The predicted molar refractivity (Wildman–Crippen MR) is 359 cm³/mol. The monoisotopic (exact) mass is 1530 g/mol. The highest BCUT2D eigenvalue weighted by Gasteiger charge is 2.27. The molecular formula is C60H60Cl6N18O18.